The topological polar surface area (TPSA) is 43.6 Å². The quantitative estimate of drug-likeness (QED) is 0.535. The fraction of sp³-hybridized carbons (Fsp3) is 0.227. The van der Waals surface area contributed by atoms with E-state index in [1.807, 2.05) is 62.0 Å². The minimum atomic E-state index is -0.268. The van der Waals surface area contributed by atoms with Gasteiger partial charge in [-0.15, -0.1) is 0 Å². The summed E-state index contributed by atoms with van der Waals surface area (Å²) in [5.74, 6) is 1.35. The molecule has 0 spiro atoms. The Morgan fingerprint density at radius 2 is 1.70 bits per heavy atom. The average molecular weight is 360 g/mol. The maximum Gasteiger partial charge on any atom is 0.134 e. The molecule has 5 heteroatoms. The second-order valence-corrected chi connectivity index (χ2v) is 6.82. The van der Waals surface area contributed by atoms with Gasteiger partial charge in [0.1, 0.15) is 17.5 Å². The molecule has 136 valence electrons. The van der Waals surface area contributed by atoms with Crippen molar-refractivity contribution in [2.45, 2.75) is 26.7 Å². The summed E-state index contributed by atoms with van der Waals surface area (Å²) >= 11 is 0. The molecule has 0 radical (unpaired) electrons. The lowest BCUT2D eigenvalue weighted by Crippen LogP contribution is -2.05. The predicted octanol–water partition coefficient (Wildman–Crippen LogP) is 4.57. The Morgan fingerprint density at radius 1 is 0.926 bits per heavy atom. The summed E-state index contributed by atoms with van der Waals surface area (Å²) in [6.07, 6.45) is 3.32. The zero-order valence-corrected chi connectivity index (χ0v) is 15.7. The van der Waals surface area contributed by atoms with E-state index in [4.69, 9.17) is 4.98 Å². The molecule has 4 nitrogen and oxygen atoms in total. The second kappa shape index (κ2) is 6.91. The third-order valence-electron chi connectivity index (χ3n) is 4.82. The molecular formula is C22H21FN4. The van der Waals surface area contributed by atoms with E-state index in [1.54, 1.807) is 6.07 Å². The van der Waals surface area contributed by atoms with Gasteiger partial charge in [0.15, 0.2) is 0 Å². The molecule has 0 aliphatic heterocycles. The van der Waals surface area contributed by atoms with Crippen LogP contribution in [0.25, 0.3) is 22.2 Å². The van der Waals surface area contributed by atoms with Gasteiger partial charge in [0.05, 0.1) is 22.3 Å². The number of hydrogen-bond acceptors (Lipinski definition) is 3. The molecule has 0 bridgehead atoms. The maximum atomic E-state index is 14.5. The number of imidazole rings is 1. The predicted molar refractivity (Wildman–Crippen MR) is 105 cm³/mol. The van der Waals surface area contributed by atoms with Gasteiger partial charge in [-0.2, -0.15) is 0 Å². The van der Waals surface area contributed by atoms with Gasteiger partial charge in [0, 0.05) is 25.2 Å². The number of fused-ring (bicyclic) bond motifs is 1. The van der Waals surface area contributed by atoms with Crippen LogP contribution < -0.4 is 0 Å². The van der Waals surface area contributed by atoms with Gasteiger partial charge in [-0.25, -0.2) is 19.3 Å². The molecular weight excluding hydrogens is 339 g/mol. The van der Waals surface area contributed by atoms with Gasteiger partial charge in [-0.3, -0.25) is 0 Å². The monoisotopic (exact) mass is 360 g/mol. The van der Waals surface area contributed by atoms with E-state index >= 15 is 0 Å². The van der Waals surface area contributed by atoms with Gasteiger partial charge in [0.2, 0.25) is 0 Å². The van der Waals surface area contributed by atoms with E-state index in [1.165, 1.54) is 6.07 Å². The van der Waals surface area contributed by atoms with Crippen molar-refractivity contribution in [2.75, 3.05) is 0 Å². The van der Waals surface area contributed by atoms with Crippen LogP contribution in [0.1, 0.15) is 22.9 Å². The zero-order valence-electron chi connectivity index (χ0n) is 15.7. The van der Waals surface area contributed by atoms with Crippen LogP contribution in [0.2, 0.25) is 0 Å². The number of aromatic nitrogens is 4. The van der Waals surface area contributed by atoms with Gasteiger partial charge < -0.3 is 4.57 Å². The molecule has 0 aliphatic rings. The lowest BCUT2D eigenvalue weighted by Gasteiger charge is -2.10. The third kappa shape index (κ3) is 3.33. The van der Waals surface area contributed by atoms with Crippen molar-refractivity contribution >= 4 is 10.9 Å². The molecule has 0 saturated heterocycles. The number of aryl methyl sites for hydroxylation is 5. The van der Waals surface area contributed by atoms with Gasteiger partial charge in [-0.1, -0.05) is 36.4 Å². The summed E-state index contributed by atoms with van der Waals surface area (Å²) in [6.45, 7) is 3.80. The fourth-order valence-electron chi connectivity index (χ4n) is 3.42. The summed E-state index contributed by atoms with van der Waals surface area (Å²) in [5, 5.41) is 0.526. The Kier molecular flexibility index (Phi) is 4.44. The van der Waals surface area contributed by atoms with E-state index in [2.05, 4.69) is 9.97 Å². The van der Waals surface area contributed by atoms with Crippen LogP contribution in [-0.2, 0) is 19.9 Å². The number of halogens is 1. The van der Waals surface area contributed by atoms with Crippen LogP contribution in [0.3, 0.4) is 0 Å². The molecule has 0 fully saturated rings. The highest BCUT2D eigenvalue weighted by Crippen LogP contribution is 2.24. The van der Waals surface area contributed by atoms with E-state index < -0.39 is 0 Å². The van der Waals surface area contributed by atoms with E-state index in [9.17, 15) is 4.39 Å². The first kappa shape index (κ1) is 17.3. The fourth-order valence-corrected chi connectivity index (χ4v) is 3.42. The summed E-state index contributed by atoms with van der Waals surface area (Å²) in [4.78, 5) is 13.7. The first-order chi connectivity index (χ1) is 13.0. The highest BCUT2D eigenvalue weighted by atomic mass is 19.1. The Labute approximate surface area is 157 Å². The van der Waals surface area contributed by atoms with Crippen molar-refractivity contribution in [1.82, 2.24) is 19.5 Å². The van der Waals surface area contributed by atoms with Crippen molar-refractivity contribution in [3.8, 4) is 11.3 Å². The summed E-state index contributed by atoms with van der Waals surface area (Å²) in [5.41, 5.74) is 4.43. The molecule has 0 atom stereocenters. The van der Waals surface area contributed by atoms with Crippen LogP contribution in [0.5, 0.6) is 0 Å². The van der Waals surface area contributed by atoms with E-state index in [-0.39, 0.29) is 5.82 Å². The summed E-state index contributed by atoms with van der Waals surface area (Å²) < 4.78 is 16.5. The lowest BCUT2D eigenvalue weighted by atomic mass is 10.1. The second-order valence-electron chi connectivity index (χ2n) is 6.82. The van der Waals surface area contributed by atoms with Crippen molar-refractivity contribution in [3.63, 3.8) is 0 Å². The minimum Gasteiger partial charge on any atom is -0.337 e. The third-order valence-corrected chi connectivity index (χ3v) is 4.82. The molecule has 2 aromatic carbocycles. The minimum absolute atomic E-state index is 0.268. The number of nitrogens with zero attached hydrogens (tertiary/aromatic N) is 4. The molecule has 0 saturated carbocycles. The molecule has 4 aromatic rings. The number of benzene rings is 2. The molecule has 2 heterocycles. The Morgan fingerprint density at radius 3 is 2.48 bits per heavy atom. The van der Waals surface area contributed by atoms with Gasteiger partial charge >= 0.3 is 0 Å². The first-order valence-electron chi connectivity index (χ1n) is 9.03. The van der Waals surface area contributed by atoms with Crippen LogP contribution in [0.15, 0.2) is 48.7 Å². The smallest absolute Gasteiger partial charge is 0.134 e. The molecule has 0 amide bonds. The molecule has 0 aliphatic carbocycles. The van der Waals surface area contributed by atoms with E-state index in [0.717, 1.165) is 28.3 Å². The van der Waals surface area contributed by atoms with Crippen LogP contribution in [-0.4, -0.2) is 19.5 Å². The first-order valence-corrected chi connectivity index (χ1v) is 9.03. The van der Waals surface area contributed by atoms with Crippen molar-refractivity contribution in [2.24, 2.45) is 7.05 Å². The molecule has 4 rings (SSSR count). The maximum absolute atomic E-state index is 14.5. The normalized spacial score (nSPS) is 11.3. The van der Waals surface area contributed by atoms with Crippen LogP contribution in [0.4, 0.5) is 4.39 Å². The van der Waals surface area contributed by atoms with Crippen LogP contribution >= 0.6 is 0 Å². The largest absolute Gasteiger partial charge is 0.337 e. The van der Waals surface area contributed by atoms with Crippen LogP contribution in [0, 0.1) is 19.7 Å². The van der Waals surface area contributed by atoms with Crippen molar-refractivity contribution < 1.29 is 4.39 Å². The van der Waals surface area contributed by atoms with E-state index in [0.29, 0.717) is 29.6 Å². The highest BCUT2D eigenvalue weighted by molar-refractivity contribution is 5.84. The van der Waals surface area contributed by atoms with Gasteiger partial charge in [-0.05, 0) is 31.9 Å². The molecule has 0 N–H and O–H groups in total. The molecule has 0 unspecified atom stereocenters. The highest BCUT2D eigenvalue weighted by Gasteiger charge is 2.14. The molecule has 2 aromatic heterocycles. The lowest BCUT2D eigenvalue weighted by molar-refractivity contribution is 0.636. The average Bonchev–Trinajstić information content (AvgIpc) is 3.04. The number of hydrogen-bond donors (Lipinski definition) is 0. The SMILES string of the molecule is Cc1nc(CCc2nc(-c3ccccc3)cn2C)c2c(F)ccc(C)c2n1. The number of rotatable bonds is 4. The Balaban J connectivity index is 1.67. The zero-order chi connectivity index (χ0) is 19.0. The Bertz CT molecular complexity index is 1120. The summed E-state index contributed by atoms with van der Waals surface area (Å²) in [6, 6.07) is 13.4. The summed E-state index contributed by atoms with van der Waals surface area (Å²) in [7, 11) is 1.99. The van der Waals surface area contributed by atoms with Crippen molar-refractivity contribution in [1.29, 1.82) is 0 Å². The van der Waals surface area contributed by atoms with Gasteiger partial charge in [0.25, 0.3) is 0 Å². The Hall–Kier alpha value is -3.08. The van der Waals surface area contributed by atoms with Crippen molar-refractivity contribution in [3.05, 3.63) is 77.4 Å². The molecule has 27 heavy (non-hydrogen) atoms. The standard InChI is InChI=1S/C22H21FN4/c1-14-9-10-17(23)21-18(24-15(2)25-22(14)21)11-12-20-26-19(13-27(20)3)16-7-5-4-6-8-16/h4-10,13H,11-12H2,1-3H3.